The molecule has 0 amide bonds. The van der Waals surface area contributed by atoms with Gasteiger partial charge in [0, 0.05) is 30.1 Å². The molecule has 4 nitrogen and oxygen atoms in total. The third-order valence-corrected chi connectivity index (χ3v) is 4.18. The third-order valence-electron chi connectivity index (χ3n) is 3.51. The van der Waals surface area contributed by atoms with E-state index in [9.17, 15) is 0 Å². The fourth-order valence-corrected chi connectivity index (χ4v) is 2.91. The molecule has 0 saturated heterocycles. The molecule has 0 spiro atoms. The molecule has 6 heteroatoms. The minimum atomic E-state index is -0.267. The first-order chi connectivity index (χ1) is 9.97. The molecule has 1 aromatic heterocycles. The topological polar surface area (TPSA) is 53.1 Å². The van der Waals surface area contributed by atoms with Gasteiger partial charge in [0.25, 0.3) is 0 Å². The molecule has 114 valence electrons. The Bertz CT molecular complexity index is 640. The molecule has 0 aliphatic heterocycles. The maximum atomic E-state index is 6.37. The van der Waals surface area contributed by atoms with Crippen LogP contribution in [0.1, 0.15) is 29.9 Å². The Labute approximate surface area is 134 Å². The van der Waals surface area contributed by atoms with Gasteiger partial charge in [-0.05, 0) is 24.6 Å². The minimum absolute atomic E-state index is 0.267. The number of hydrogen-bond acceptors (Lipinski definition) is 3. The lowest BCUT2D eigenvalue weighted by Crippen LogP contribution is -2.16. The van der Waals surface area contributed by atoms with Crippen molar-refractivity contribution in [3.05, 3.63) is 45.2 Å². The van der Waals surface area contributed by atoms with Crippen molar-refractivity contribution >= 4 is 23.2 Å². The summed E-state index contributed by atoms with van der Waals surface area (Å²) in [5, 5.41) is 5.73. The van der Waals surface area contributed by atoms with Gasteiger partial charge >= 0.3 is 0 Å². The van der Waals surface area contributed by atoms with E-state index in [1.165, 1.54) is 0 Å². The van der Waals surface area contributed by atoms with E-state index in [4.69, 9.17) is 33.7 Å². The molecule has 0 radical (unpaired) electrons. The van der Waals surface area contributed by atoms with Crippen molar-refractivity contribution in [3.8, 4) is 5.75 Å². The molecule has 2 aromatic rings. The summed E-state index contributed by atoms with van der Waals surface area (Å²) < 4.78 is 7.14. The molecule has 1 aromatic carbocycles. The maximum absolute atomic E-state index is 6.37. The molecule has 0 fully saturated rings. The van der Waals surface area contributed by atoms with Crippen LogP contribution in [-0.2, 0) is 19.9 Å². The zero-order valence-corrected chi connectivity index (χ0v) is 13.9. The number of benzene rings is 1. The van der Waals surface area contributed by atoms with E-state index < -0.39 is 0 Å². The van der Waals surface area contributed by atoms with Crippen LogP contribution in [0.25, 0.3) is 0 Å². The van der Waals surface area contributed by atoms with E-state index in [-0.39, 0.29) is 6.04 Å². The van der Waals surface area contributed by atoms with Crippen LogP contribution in [0.15, 0.2) is 18.2 Å². The van der Waals surface area contributed by atoms with Crippen LogP contribution in [0, 0.1) is 0 Å². The van der Waals surface area contributed by atoms with Gasteiger partial charge in [0.2, 0.25) is 0 Å². The largest absolute Gasteiger partial charge is 0.496 e. The quantitative estimate of drug-likeness (QED) is 0.913. The van der Waals surface area contributed by atoms with Gasteiger partial charge in [-0.1, -0.05) is 30.1 Å². The Morgan fingerprint density at radius 2 is 2.10 bits per heavy atom. The van der Waals surface area contributed by atoms with Gasteiger partial charge < -0.3 is 10.5 Å². The summed E-state index contributed by atoms with van der Waals surface area (Å²) in [6.45, 7) is 2.03. The van der Waals surface area contributed by atoms with Crippen LogP contribution in [0.2, 0.25) is 10.0 Å². The average molecular weight is 328 g/mol. The van der Waals surface area contributed by atoms with E-state index in [1.807, 2.05) is 26.1 Å². The number of ether oxygens (including phenoxy) is 1. The maximum Gasteiger partial charge on any atom is 0.123 e. The molecule has 0 aliphatic rings. The van der Waals surface area contributed by atoms with Crippen LogP contribution in [0.3, 0.4) is 0 Å². The van der Waals surface area contributed by atoms with Crippen molar-refractivity contribution in [2.24, 2.45) is 12.8 Å². The van der Waals surface area contributed by atoms with Crippen molar-refractivity contribution in [3.63, 3.8) is 0 Å². The zero-order chi connectivity index (χ0) is 15.6. The molecule has 0 saturated carbocycles. The van der Waals surface area contributed by atoms with E-state index in [0.717, 1.165) is 29.1 Å². The molecule has 2 rings (SSSR count). The molecule has 1 atom stereocenters. The predicted octanol–water partition coefficient (Wildman–Crippen LogP) is 3.54. The van der Waals surface area contributed by atoms with Gasteiger partial charge in [0.05, 0.1) is 23.5 Å². The molecule has 21 heavy (non-hydrogen) atoms. The summed E-state index contributed by atoms with van der Waals surface area (Å²) in [5.41, 5.74) is 8.99. The summed E-state index contributed by atoms with van der Waals surface area (Å²) in [5.74, 6) is 0.723. The third kappa shape index (κ3) is 3.34. The van der Waals surface area contributed by atoms with Gasteiger partial charge in [0.15, 0.2) is 0 Å². The van der Waals surface area contributed by atoms with E-state index >= 15 is 0 Å². The van der Waals surface area contributed by atoms with Crippen LogP contribution in [0.4, 0.5) is 0 Å². The first-order valence-electron chi connectivity index (χ1n) is 6.77. The number of methoxy groups -OCH3 is 1. The summed E-state index contributed by atoms with van der Waals surface area (Å²) in [7, 11) is 3.49. The Morgan fingerprint density at radius 3 is 2.67 bits per heavy atom. The van der Waals surface area contributed by atoms with Crippen molar-refractivity contribution in [1.82, 2.24) is 9.78 Å². The summed E-state index contributed by atoms with van der Waals surface area (Å²) in [6, 6.07) is 5.16. The fraction of sp³-hybridized carbons (Fsp3) is 0.400. The number of rotatable bonds is 5. The van der Waals surface area contributed by atoms with Gasteiger partial charge in [-0.2, -0.15) is 5.10 Å². The van der Waals surface area contributed by atoms with Crippen LogP contribution < -0.4 is 10.5 Å². The molecule has 2 N–H and O–H groups in total. The second-order valence-electron chi connectivity index (χ2n) is 4.88. The molecule has 0 aliphatic carbocycles. The highest BCUT2D eigenvalue weighted by molar-refractivity contribution is 6.32. The standard InChI is InChI=1S/C15H19Cl2N3O/c1-4-12-15(17)13(20(2)19-12)8-11(18)10-7-9(16)5-6-14(10)21-3/h5-7,11H,4,8,18H2,1-3H3. The van der Waals surface area contributed by atoms with Crippen molar-refractivity contribution in [2.45, 2.75) is 25.8 Å². The molecule has 0 bridgehead atoms. The second-order valence-corrected chi connectivity index (χ2v) is 5.70. The van der Waals surface area contributed by atoms with Gasteiger partial charge in [0.1, 0.15) is 5.75 Å². The number of nitrogens with two attached hydrogens (primary N) is 1. The number of hydrogen-bond donors (Lipinski definition) is 1. The normalized spacial score (nSPS) is 12.5. The first kappa shape index (κ1) is 16.1. The van der Waals surface area contributed by atoms with Gasteiger partial charge in [-0.25, -0.2) is 0 Å². The molecule has 1 heterocycles. The predicted molar refractivity (Wildman–Crippen MR) is 86.2 cm³/mol. The number of aryl methyl sites for hydroxylation is 2. The Balaban J connectivity index is 2.32. The second kappa shape index (κ2) is 6.69. The Morgan fingerprint density at radius 1 is 1.38 bits per heavy atom. The monoisotopic (exact) mass is 327 g/mol. The van der Waals surface area contributed by atoms with Crippen molar-refractivity contribution < 1.29 is 4.74 Å². The van der Waals surface area contributed by atoms with E-state index in [2.05, 4.69) is 5.10 Å². The van der Waals surface area contributed by atoms with Crippen LogP contribution >= 0.6 is 23.2 Å². The van der Waals surface area contributed by atoms with Gasteiger partial charge in [-0.3, -0.25) is 4.68 Å². The lowest BCUT2D eigenvalue weighted by atomic mass is 10.0. The highest BCUT2D eigenvalue weighted by atomic mass is 35.5. The highest BCUT2D eigenvalue weighted by Gasteiger charge is 2.19. The summed E-state index contributed by atoms with van der Waals surface area (Å²) in [6.07, 6.45) is 1.36. The van der Waals surface area contributed by atoms with Crippen molar-refractivity contribution in [2.75, 3.05) is 7.11 Å². The average Bonchev–Trinajstić information content (AvgIpc) is 2.74. The smallest absolute Gasteiger partial charge is 0.123 e. The van der Waals surface area contributed by atoms with Crippen LogP contribution in [0.5, 0.6) is 5.75 Å². The Hall–Kier alpha value is -1.23. The minimum Gasteiger partial charge on any atom is -0.496 e. The molecular weight excluding hydrogens is 309 g/mol. The fourth-order valence-electron chi connectivity index (χ4n) is 2.35. The van der Waals surface area contributed by atoms with Crippen LogP contribution in [-0.4, -0.2) is 16.9 Å². The lowest BCUT2D eigenvalue weighted by molar-refractivity contribution is 0.405. The first-order valence-corrected chi connectivity index (χ1v) is 7.52. The zero-order valence-electron chi connectivity index (χ0n) is 12.4. The van der Waals surface area contributed by atoms with E-state index in [1.54, 1.807) is 17.9 Å². The summed E-state index contributed by atoms with van der Waals surface area (Å²) >= 11 is 12.4. The number of nitrogens with zero attached hydrogens (tertiary/aromatic N) is 2. The Kier molecular flexibility index (Phi) is 5.14. The number of aromatic nitrogens is 2. The number of halogens is 2. The summed E-state index contributed by atoms with van der Waals surface area (Å²) in [4.78, 5) is 0. The lowest BCUT2D eigenvalue weighted by Gasteiger charge is -2.16. The molecule has 1 unspecified atom stereocenters. The van der Waals surface area contributed by atoms with E-state index in [0.29, 0.717) is 16.5 Å². The molecular formula is C15H19Cl2N3O. The van der Waals surface area contributed by atoms with Gasteiger partial charge in [-0.15, -0.1) is 0 Å². The van der Waals surface area contributed by atoms with Crippen molar-refractivity contribution in [1.29, 1.82) is 0 Å². The highest BCUT2D eigenvalue weighted by Crippen LogP contribution is 2.31. The SMILES string of the molecule is CCc1nn(C)c(CC(N)c2cc(Cl)ccc2OC)c1Cl.